The fraction of sp³-hybridized carbons (Fsp3) is 0.786. The molecule has 2 saturated carbocycles. The number of fused-ring (bicyclic) bond motifs is 2. The summed E-state index contributed by atoms with van der Waals surface area (Å²) < 4.78 is 5.06. The molecule has 0 radical (unpaired) electrons. The monoisotopic (exact) mass is 252 g/mol. The molecule has 0 spiro atoms. The minimum atomic E-state index is -0.881. The highest BCUT2D eigenvalue weighted by Gasteiger charge is 2.58. The van der Waals surface area contributed by atoms with Crippen molar-refractivity contribution in [3.63, 3.8) is 0 Å². The van der Waals surface area contributed by atoms with E-state index in [0.717, 1.165) is 12.8 Å². The van der Waals surface area contributed by atoms with E-state index in [-0.39, 0.29) is 29.4 Å². The van der Waals surface area contributed by atoms with E-state index in [4.69, 9.17) is 4.74 Å². The summed E-state index contributed by atoms with van der Waals surface area (Å²) >= 11 is 0. The summed E-state index contributed by atoms with van der Waals surface area (Å²) in [5.41, 5.74) is -0.881. The Bertz CT molecular complexity index is 387. The van der Waals surface area contributed by atoms with Crippen LogP contribution in [0.15, 0.2) is 0 Å². The third-order valence-electron chi connectivity index (χ3n) is 4.42. The molecule has 0 heterocycles. The van der Waals surface area contributed by atoms with Gasteiger partial charge in [-0.05, 0) is 45.4 Å². The number of hydrogen-bond donors (Lipinski definition) is 0. The van der Waals surface area contributed by atoms with Crippen LogP contribution in [0.4, 0.5) is 0 Å². The molecule has 0 amide bonds. The van der Waals surface area contributed by atoms with Gasteiger partial charge in [0.15, 0.2) is 5.78 Å². The molecule has 3 atom stereocenters. The molecule has 2 aliphatic carbocycles. The van der Waals surface area contributed by atoms with Gasteiger partial charge in [-0.1, -0.05) is 0 Å². The van der Waals surface area contributed by atoms with Crippen molar-refractivity contribution in [3.05, 3.63) is 0 Å². The first-order valence-electron chi connectivity index (χ1n) is 6.72. The quantitative estimate of drug-likeness (QED) is 0.566. The molecule has 2 aliphatic rings. The van der Waals surface area contributed by atoms with Crippen LogP contribution in [0.5, 0.6) is 0 Å². The summed E-state index contributed by atoms with van der Waals surface area (Å²) in [7, 11) is 0. The van der Waals surface area contributed by atoms with Crippen molar-refractivity contribution in [3.8, 4) is 0 Å². The van der Waals surface area contributed by atoms with Crippen LogP contribution in [0.1, 0.15) is 46.0 Å². The molecule has 0 unspecified atom stereocenters. The lowest BCUT2D eigenvalue weighted by Gasteiger charge is -2.33. The zero-order valence-electron chi connectivity index (χ0n) is 11.0. The molecule has 2 fully saturated rings. The Kier molecular flexibility index (Phi) is 3.55. The van der Waals surface area contributed by atoms with Gasteiger partial charge >= 0.3 is 5.97 Å². The molecule has 18 heavy (non-hydrogen) atoms. The van der Waals surface area contributed by atoms with E-state index in [1.807, 2.05) is 0 Å². The highest BCUT2D eigenvalue weighted by Crippen LogP contribution is 2.52. The molecular formula is C14H20O4. The Morgan fingerprint density at radius 3 is 2.61 bits per heavy atom. The lowest BCUT2D eigenvalue weighted by Crippen LogP contribution is -2.44. The molecule has 0 aromatic heterocycles. The summed E-state index contributed by atoms with van der Waals surface area (Å²) in [4.78, 5) is 35.6. The lowest BCUT2D eigenvalue weighted by atomic mass is 9.69. The number of ether oxygens (including phenoxy) is 1. The fourth-order valence-corrected chi connectivity index (χ4v) is 3.53. The van der Waals surface area contributed by atoms with Gasteiger partial charge in [-0.3, -0.25) is 9.59 Å². The van der Waals surface area contributed by atoms with Gasteiger partial charge in [0.05, 0.1) is 6.61 Å². The largest absolute Gasteiger partial charge is 0.465 e. The van der Waals surface area contributed by atoms with Crippen molar-refractivity contribution < 1.29 is 19.1 Å². The highest BCUT2D eigenvalue weighted by molar-refractivity contribution is 6.07. The van der Waals surface area contributed by atoms with Crippen LogP contribution in [0.2, 0.25) is 0 Å². The second kappa shape index (κ2) is 4.82. The summed E-state index contributed by atoms with van der Waals surface area (Å²) in [6.07, 6.45) is 3.14. The zero-order chi connectivity index (χ0) is 13.3. The molecule has 0 aliphatic heterocycles. The van der Waals surface area contributed by atoms with Crippen LogP contribution in [0.3, 0.4) is 0 Å². The number of carbonyl (C=O) groups is 3. The summed E-state index contributed by atoms with van der Waals surface area (Å²) in [5, 5.41) is 0. The Hall–Kier alpha value is -1.19. The van der Waals surface area contributed by atoms with Crippen molar-refractivity contribution in [2.24, 2.45) is 17.3 Å². The average molecular weight is 252 g/mol. The van der Waals surface area contributed by atoms with E-state index in [1.54, 1.807) is 13.8 Å². The third-order valence-corrected chi connectivity index (χ3v) is 4.42. The van der Waals surface area contributed by atoms with Gasteiger partial charge in [-0.15, -0.1) is 0 Å². The van der Waals surface area contributed by atoms with E-state index in [2.05, 4.69) is 0 Å². The predicted molar refractivity (Wildman–Crippen MR) is 64.8 cm³/mol. The zero-order valence-corrected chi connectivity index (χ0v) is 11.0. The molecule has 2 rings (SSSR count). The number of hydrogen-bond acceptors (Lipinski definition) is 4. The molecule has 0 saturated heterocycles. The van der Waals surface area contributed by atoms with E-state index < -0.39 is 5.41 Å². The number of esters is 1. The van der Waals surface area contributed by atoms with Gasteiger partial charge < -0.3 is 9.53 Å². The van der Waals surface area contributed by atoms with Crippen LogP contribution < -0.4 is 0 Å². The fourth-order valence-electron chi connectivity index (χ4n) is 3.53. The third kappa shape index (κ3) is 1.98. The SMILES string of the molecule is CCOC(=O)[C@@]12CC[C@@H](CC(C)=O)[C@@H](CC1)C2=O. The highest BCUT2D eigenvalue weighted by atomic mass is 16.5. The Labute approximate surface area is 107 Å². The number of ketones is 2. The normalized spacial score (nSPS) is 34.4. The van der Waals surface area contributed by atoms with Crippen LogP contribution in [0, 0.1) is 17.3 Å². The first kappa shape index (κ1) is 13.2. The maximum Gasteiger partial charge on any atom is 0.319 e. The Morgan fingerprint density at radius 1 is 1.33 bits per heavy atom. The number of carbonyl (C=O) groups excluding carboxylic acids is 3. The van der Waals surface area contributed by atoms with Crippen molar-refractivity contribution in [2.75, 3.05) is 6.61 Å². The van der Waals surface area contributed by atoms with E-state index in [1.165, 1.54) is 0 Å². The van der Waals surface area contributed by atoms with Crippen LogP contribution >= 0.6 is 0 Å². The van der Waals surface area contributed by atoms with Crippen molar-refractivity contribution in [2.45, 2.75) is 46.0 Å². The van der Waals surface area contributed by atoms with E-state index in [9.17, 15) is 14.4 Å². The van der Waals surface area contributed by atoms with Crippen molar-refractivity contribution >= 4 is 17.5 Å². The van der Waals surface area contributed by atoms with Crippen LogP contribution in [-0.2, 0) is 19.1 Å². The number of Topliss-reactive ketones (excluding diaryl/α,β-unsaturated/α-hetero) is 2. The Balaban J connectivity index is 2.15. The first-order chi connectivity index (χ1) is 8.51. The minimum Gasteiger partial charge on any atom is -0.465 e. The van der Waals surface area contributed by atoms with Gasteiger partial charge in [0.2, 0.25) is 0 Å². The van der Waals surface area contributed by atoms with Crippen LogP contribution in [0.25, 0.3) is 0 Å². The minimum absolute atomic E-state index is 0.0263. The maximum atomic E-state index is 12.4. The molecule has 2 bridgehead atoms. The average Bonchev–Trinajstić information content (AvgIpc) is 2.52. The van der Waals surface area contributed by atoms with Gasteiger partial charge in [0.1, 0.15) is 11.2 Å². The van der Waals surface area contributed by atoms with E-state index in [0.29, 0.717) is 25.9 Å². The van der Waals surface area contributed by atoms with E-state index >= 15 is 0 Å². The molecule has 4 heteroatoms. The van der Waals surface area contributed by atoms with Crippen LogP contribution in [-0.4, -0.2) is 24.1 Å². The molecular weight excluding hydrogens is 232 g/mol. The second-order valence-corrected chi connectivity index (χ2v) is 5.52. The summed E-state index contributed by atoms with van der Waals surface area (Å²) in [6.45, 7) is 3.63. The molecule has 100 valence electrons. The molecule has 4 nitrogen and oxygen atoms in total. The summed E-state index contributed by atoms with van der Waals surface area (Å²) in [5.74, 6) is -0.160. The van der Waals surface area contributed by atoms with Gasteiger partial charge in [-0.2, -0.15) is 0 Å². The molecule has 0 aromatic carbocycles. The maximum absolute atomic E-state index is 12.4. The summed E-state index contributed by atoms with van der Waals surface area (Å²) in [6, 6.07) is 0. The molecule has 0 N–H and O–H groups in total. The van der Waals surface area contributed by atoms with Crippen molar-refractivity contribution in [1.29, 1.82) is 0 Å². The number of rotatable bonds is 4. The lowest BCUT2D eigenvalue weighted by molar-refractivity contribution is -0.162. The Morgan fingerprint density at radius 2 is 2.00 bits per heavy atom. The first-order valence-corrected chi connectivity index (χ1v) is 6.72. The van der Waals surface area contributed by atoms with Gasteiger partial charge in [0.25, 0.3) is 0 Å². The second-order valence-electron chi connectivity index (χ2n) is 5.52. The standard InChI is InChI=1S/C14H20O4/c1-3-18-13(17)14-6-4-10(8-9(2)15)11(5-7-14)12(14)16/h10-11H,3-8H2,1-2H3/t10-,11+,14-/m0/s1. The molecule has 0 aromatic rings. The topological polar surface area (TPSA) is 60.4 Å². The van der Waals surface area contributed by atoms with Gasteiger partial charge in [-0.25, -0.2) is 0 Å². The van der Waals surface area contributed by atoms with Gasteiger partial charge in [0, 0.05) is 12.3 Å². The predicted octanol–water partition coefficient (Wildman–Crippen LogP) is 1.90. The van der Waals surface area contributed by atoms with Crippen molar-refractivity contribution in [1.82, 2.24) is 0 Å². The smallest absolute Gasteiger partial charge is 0.319 e.